The van der Waals surface area contributed by atoms with Crippen molar-refractivity contribution in [1.29, 1.82) is 0 Å². The lowest BCUT2D eigenvalue weighted by molar-refractivity contribution is -0.119. The molecule has 3 rings (SSSR count). The number of carbonyl (C=O) groups is 1. The largest absolute Gasteiger partial charge is 0.496 e. The van der Waals surface area contributed by atoms with Crippen LogP contribution in [0.15, 0.2) is 47.1 Å². The Kier molecular flexibility index (Phi) is 5.76. The van der Waals surface area contributed by atoms with E-state index in [1.807, 2.05) is 30.3 Å². The Labute approximate surface area is 148 Å². The van der Waals surface area contributed by atoms with Crippen LogP contribution in [0, 0.1) is 0 Å². The van der Waals surface area contributed by atoms with Gasteiger partial charge >= 0.3 is 0 Å². The Morgan fingerprint density at radius 2 is 1.84 bits per heavy atom. The van der Waals surface area contributed by atoms with Gasteiger partial charge in [-0.15, -0.1) is 0 Å². The van der Waals surface area contributed by atoms with E-state index in [2.05, 4.69) is 16.7 Å². The number of rotatable bonds is 6. The summed E-state index contributed by atoms with van der Waals surface area (Å²) in [6, 6.07) is 12.6. The third-order valence-corrected chi connectivity index (χ3v) is 4.81. The maximum Gasteiger partial charge on any atom is 0.217 e. The van der Waals surface area contributed by atoms with Crippen molar-refractivity contribution in [2.75, 3.05) is 7.11 Å². The Bertz CT molecular complexity index is 676. The number of benzene rings is 1. The second kappa shape index (κ2) is 8.21. The van der Waals surface area contributed by atoms with Crippen LogP contribution >= 0.6 is 0 Å². The Hall–Kier alpha value is -2.27. The summed E-state index contributed by atoms with van der Waals surface area (Å²) in [5.74, 6) is 1.79. The third-order valence-electron chi connectivity index (χ3n) is 4.81. The number of carbonyl (C=O) groups excluding carboxylic acids is 1. The highest BCUT2D eigenvalue weighted by molar-refractivity contribution is 5.73. The van der Waals surface area contributed by atoms with E-state index in [1.54, 1.807) is 20.3 Å². The van der Waals surface area contributed by atoms with Crippen molar-refractivity contribution < 1.29 is 13.9 Å². The highest BCUT2D eigenvalue weighted by atomic mass is 16.5. The van der Waals surface area contributed by atoms with Gasteiger partial charge in [0.25, 0.3) is 0 Å². The van der Waals surface area contributed by atoms with Crippen molar-refractivity contribution >= 4 is 5.91 Å². The van der Waals surface area contributed by atoms with Crippen molar-refractivity contribution in [2.45, 2.75) is 50.7 Å². The molecule has 25 heavy (non-hydrogen) atoms. The minimum atomic E-state index is -0.0477. The molecule has 5 nitrogen and oxygen atoms in total. The molecule has 1 aromatic carbocycles. The van der Waals surface area contributed by atoms with Crippen LogP contribution in [0.1, 0.15) is 50.0 Å². The Balaban J connectivity index is 1.73. The zero-order valence-electron chi connectivity index (χ0n) is 14.8. The van der Waals surface area contributed by atoms with Gasteiger partial charge in [-0.25, -0.2) is 0 Å². The average molecular weight is 342 g/mol. The predicted octanol–water partition coefficient (Wildman–Crippen LogP) is 3.41. The van der Waals surface area contributed by atoms with E-state index in [9.17, 15) is 4.79 Å². The standard InChI is InChI=1S/C20H26N2O3/c1-14(23)21-15-9-11-16(12-10-15)22-20(19-8-5-13-25-19)17-6-3-4-7-18(17)24-2/h3-8,13,15-16,20,22H,9-12H2,1-2H3,(H,21,23)/t15?,16?,20-/m0/s1. The minimum absolute atomic E-state index is 0.0477. The van der Waals surface area contributed by atoms with Gasteiger partial charge in [-0.05, 0) is 43.9 Å². The van der Waals surface area contributed by atoms with Crippen molar-refractivity contribution in [1.82, 2.24) is 10.6 Å². The van der Waals surface area contributed by atoms with Crippen LogP contribution in [0.25, 0.3) is 0 Å². The molecule has 5 heteroatoms. The van der Waals surface area contributed by atoms with Crippen LogP contribution in [-0.4, -0.2) is 25.1 Å². The molecule has 0 saturated heterocycles. The van der Waals surface area contributed by atoms with Crippen LogP contribution in [-0.2, 0) is 4.79 Å². The minimum Gasteiger partial charge on any atom is -0.496 e. The molecule has 1 aliphatic carbocycles. The smallest absolute Gasteiger partial charge is 0.217 e. The predicted molar refractivity (Wildman–Crippen MR) is 96.5 cm³/mol. The Morgan fingerprint density at radius 1 is 1.12 bits per heavy atom. The molecule has 0 unspecified atom stereocenters. The lowest BCUT2D eigenvalue weighted by Gasteiger charge is -2.32. The van der Waals surface area contributed by atoms with E-state index in [4.69, 9.17) is 9.15 Å². The van der Waals surface area contributed by atoms with Crippen LogP contribution in [0.2, 0.25) is 0 Å². The fourth-order valence-electron chi connectivity index (χ4n) is 3.61. The van der Waals surface area contributed by atoms with Gasteiger partial charge in [-0.3, -0.25) is 4.79 Å². The number of ether oxygens (including phenoxy) is 1. The van der Waals surface area contributed by atoms with Gasteiger partial charge in [-0.2, -0.15) is 0 Å². The summed E-state index contributed by atoms with van der Waals surface area (Å²) < 4.78 is 11.2. The maximum absolute atomic E-state index is 11.2. The molecule has 134 valence electrons. The second-order valence-electron chi connectivity index (χ2n) is 6.61. The molecule has 2 N–H and O–H groups in total. The molecule has 1 aliphatic rings. The second-order valence-corrected chi connectivity index (χ2v) is 6.61. The number of para-hydroxylation sites is 1. The van der Waals surface area contributed by atoms with Crippen LogP contribution in [0.4, 0.5) is 0 Å². The molecule has 1 aromatic heterocycles. The van der Waals surface area contributed by atoms with E-state index in [1.165, 1.54) is 0 Å². The first-order valence-corrected chi connectivity index (χ1v) is 8.87. The van der Waals surface area contributed by atoms with Gasteiger partial charge in [0.2, 0.25) is 5.91 Å². The van der Waals surface area contributed by atoms with Gasteiger partial charge in [0.15, 0.2) is 0 Å². The molecule has 1 heterocycles. The summed E-state index contributed by atoms with van der Waals surface area (Å²) in [6.45, 7) is 1.58. The summed E-state index contributed by atoms with van der Waals surface area (Å²) in [5.41, 5.74) is 1.07. The van der Waals surface area contributed by atoms with Gasteiger partial charge < -0.3 is 19.8 Å². The fourth-order valence-corrected chi connectivity index (χ4v) is 3.61. The monoisotopic (exact) mass is 342 g/mol. The molecule has 1 atom stereocenters. The van der Waals surface area contributed by atoms with Crippen molar-refractivity contribution in [3.8, 4) is 5.75 Å². The number of amides is 1. The van der Waals surface area contributed by atoms with E-state index < -0.39 is 0 Å². The van der Waals surface area contributed by atoms with E-state index in [0.29, 0.717) is 12.1 Å². The average Bonchev–Trinajstić information content (AvgIpc) is 3.15. The molecular weight excluding hydrogens is 316 g/mol. The topological polar surface area (TPSA) is 63.5 Å². The summed E-state index contributed by atoms with van der Waals surface area (Å²) in [6.07, 6.45) is 5.74. The van der Waals surface area contributed by atoms with Crippen LogP contribution in [0.3, 0.4) is 0 Å². The van der Waals surface area contributed by atoms with E-state index in [-0.39, 0.29) is 11.9 Å². The Morgan fingerprint density at radius 3 is 2.48 bits per heavy atom. The fraction of sp³-hybridized carbons (Fsp3) is 0.450. The lowest BCUT2D eigenvalue weighted by atomic mass is 9.89. The maximum atomic E-state index is 11.2. The number of furan rings is 1. The highest BCUT2D eigenvalue weighted by Gasteiger charge is 2.27. The lowest BCUT2D eigenvalue weighted by Crippen LogP contribution is -2.42. The zero-order valence-corrected chi connectivity index (χ0v) is 14.8. The summed E-state index contributed by atoms with van der Waals surface area (Å²) >= 11 is 0. The third kappa shape index (κ3) is 4.42. The number of hydrogen-bond donors (Lipinski definition) is 2. The van der Waals surface area contributed by atoms with Gasteiger partial charge in [0, 0.05) is 24.6 Å². The first kappa shape index (κ1) is 17.5. The molecule has 1 fully saturated rings. The molecule has 1 amide bonds. The quantitative estimate of drug-likeness (QED) is 0.844. The highest BCUT2D eigenvalue weighted by Crippen LogP contribution is 2.32. The van der Waals surface area contributed by atoms with Crippen molar-refractivity contribution in [3.05, 3.63) is 54.0 Å². The molecule has 2 aromatic rings. The molecule has 0 aliphatic heterocycles. The molecule has 0 bridgehead atoms. The SMILES string of the molecule is COc1ccccc1[C@H](NC1CCC(NC(C)=O)CC1)c1ccco1. The van der Waals surface area contributed by atoms with Crippen molar-refractivity contribution in [3.63, 3.8) is 0 Å². The summed E-state index contributed by atoms with van der Waals surface area (Å²) in [7, 11) is 1.69. The first-order chi connectivity index (χ1) is 12.2. The van der Waals surface area contributed by atoms with Crippen molar-refractivity contribution in [2.24, 2.45) is 0 Å². The normalized spacial score (nSPS) is 21.5. The summed E-state index contributed by atoms with van der Waals surface area (Å²) in [5, 5.41) is 6.76. The number of hydrogen-bond acceptors (Lipinski definition) is 4. The van der Waals surface area contributed by atoms with E-state index in [0.717, 1.165) is 42.8 Å². The molecule has 0 radical (unpaired) electrons. The number of nitrogens with one attached hydrogen (secondary N) is 2. The van der Waals surface area contributed by atoms with Gasteiger partial charge in [0.1, 0.15) is 11.5 Å². The zero-order chi connectivity index (χ0) is 17.6. The van der Waals surface area contributed by atoms with Gasteiger partial charge in [0.05, 0.1) is 19.4 Å². The van der Waals surface area contributed by atoms with E-state index >= 15 is 0 Å². The van der Waals surface area contributed by atoms with Crippen LogP contribution in [0.5, 0.6) is 5.75 Å². The first-order valence-electron chi connectivity index (χ1n) is 8.87. The summed E-state index contributed by atoms with van der Waals surface area (Å²) in [4.78, 5) is 11.2. The van der Waals surface area contributed by atoms with Gasteiger partial charge in [-0.1, -0.05) is 18.2 Å². The van der Waals surface area contributed by atoms with Crippen LogP contribution < -0.4 is 15.4 Å². The number of methoxy groups -OCH3 is 1. The molecule has 1 saturated carbocycles. The molecule has 0 spiro atoms. The molecular formula is C20H26N2O3.